The molecule has 1 aliphatic rings. The number of ether oxygens (including phenoxy) is 1. The maximum Gasteiger partial charge on any atom is 0.241 e. The Morgan fingerprint density at radius 1 is 1.05 bits per heavy atom. The molecule has 3 rings (SSSR count). The summed E-state index contributed by atoms with van der Waals surface area (Å²) in [5, 5.41) is 0. The first-order valence-electron chi connectivity index (χ1n) is 7.38. The first kappa shape index (κ1) is 15.1. The monoisotopic (exact) mass is 317 g/mol. The van der Waals surface area contributed by atoms with E-state index in [4.69, 9.17) is 4.74 Å². The summed E-state index contributed by atoms with van der Waals surface area (Å²) in [6, 6.07) is 16.2. The Hall–Kier alpha value is -1.85. The zero-order valence-corrected chi connectivity index (χ0v) is 13.3. The van der Waals surface area contributed by atoms with Gasteiger partial charge in [0.25, 0.3) is 0 Å². The largest absolute Gasteiger partial charge is 0.494 e. The fraction of sp³-hybridized carbons (Fsp3) is 0.294. The Kier molecular flexibility index (Phi) is 3.93. The minimum absolute atomic E-state index is 0.262. The fourth-order valence-corrected chi connectivity index (χ4v) is 3.98. The van der Waals surface area contributed by atoms with Crippen molar-refractivity contribution in [3.63, 3.8) is 0 Å². The number of sulfonamides is 1. The first-order chi connectivity index (χ1) is 10.6. The zero-order chi connectivity index (χ0) is 15.6. The molecule has 1 fully saturated rings. The average Bonchev–Trinajstić information content (AvgIpc) is 3.29. The molecule has 2 aromatic carbocycles. The molecule has 1 N–H and O–H groups in total. The number of rotatable bonds is 6. The highest BCUT2D eigenvalue weighted by atomic mass is 32.2. The van der Waals surface area contributed by atoms with Gasteiger partial charge >= 0.3 is 0 Å². The summed E-state index contributed by atoms with van der Waals surface area (Å²) in [6.45, 7) is 2.45. The van der Waals surface area contributed by atoms with Crippen LogP contribution in [0.3, 0.4) is 0 Å². The van der Waals surface area contributed by atoms with Gasteiger partial charge in [0.15, 0.2) is 0 Å². The summed E-state index contributed by atoms with van der Waals surface area (Å²) in [7, 11) is -3.54. The van der Waals surface area contributed by atoms with E-state index in [1.807, 2.05) is 37.3 Å². The fourth-order valence-electron chi connectivity index (χ4n) is 2.53. The highest BCUT2D eigenvalue weighted by Gasteiger charge is 2.47. The molecule has 0 atom stereocenters. The van der Waals surface area contributed by atoms with Crippen LogP contribution in [0.5, 0.6) is 5.75 Å². The molecule has 5 heteroatoms. The van der Waals surface area contributed by atoms with Crippen LogP contribution in [0, 0.1) is 0 Å². The third-order valence-corrected chi connectivity index (χ3v) is 5.40. The molecular formula is C17H19NO3S. The van der Waals surface area contributed by atoms with Crippen molar-refractivity contribution in [2.75, 3.05) is 6.61 Å². The number of hydrogen-bond acceptors (Lipinski definition) is 3. The Morgan fingerprint density at radius 3 is 2.23 bits per heavy atom. The lowest BCUT2D eigenvalue weighted by molar-refractivity contribution is 0.340. The van der Waals surface area contributed by atoms with E-state index in [0.29, 0.717) is 12.4 Å². The van der Waals surface area contributed by atoms with Gasteiger partial charge in [0.05, 0.1) is 17.0 Å². The van der Waals surface area contributed by atoms with E-state index < -0.39 is 15.6 Å². The predicted molar refractivity (Wildman–Crippen MR) is 85.3 cm³/mol. The molecule has 0 amide bonds. The van der Waals surface area contributed by atoms with Crippen molar-refractivity contribution >= 4 is 10.0 Å². The SMILES string of the molecule is CCOc1ccc(S(=O)(=O)NC2(c3ccccc3)CC2)cc1. The summed E-state index contributed by atoms with van der Waals surface area (Å²) in [5.41, 5.74) is 0.572. The van der Waals surface area contributed by atoms with Gasteiger partial charge in [-0.25, -0.2) is 13.1 Å². The molecule has 0 saturated heterocycles. The van der Waals surface area contributed by atoms with E-state index in [-0.39, 0.29) is 4.90 Å². The average molecular weight is 317 g/mol. The van der Waals surface area contributed by atoms with Gasteiger partial charge in [-0.05, 0) is 49.6 Å². The molecule has 2 aromatic rings. The van der Waals surface area contributed by atoms with Crippen LogP contribution in [0.1, 0.15) is 25.3 Å². The molecule has 22 heavy (non-hydrogen) atoms. The highest BCUT2D eigenvalue weighted by Crippen LogP contribution is 2.46. The second-order valence-corrected chi connectivity index (χ2v) is 7.14. The summed E-state index contributed by atoms with van der Waals surface area (Å²) in [6.07, 6.45) is 1.65. The van der Waals surface area contributed by atoms with Crippen LogP contribution < -0.4 is 9.46 Å². The third-order valence-electron chi connectivity index (χ3n) is 3.85. The third kappa shape index (κ3) is 3.00. The van der Waals surface area contributed by atoms with Crippen molar-refractivity contribution in [2.24, 2.45) is 0 Å². The Labute approximate surface area is 131 Å². The van der Waals surface area contributed by atoms with Crippen molar-refractivity contribution in [3.05, 3.63) is 60.2 Å². The van der Waals surface area contributed by atoms with E-state index in [2.05, 4.69) is 4.72 Å². The van der Waals surface area contributed by atoms with Crippen LogP contribution in [0.2, 0.25) is 0 Å². The Morgan fingerprint density at radius 2 is 1.68 bits per heavy atom. The van der Waals surface area contributed by atoms with Gasteiger partial charge in [-0.3, -0.25) is 0 Å². The van der Waals surface area contributed by atoms with Crippen LogP contribution in [0.4, 0.5) is 0 Å². The Balaban J connectivity index is 1.82. The second kappa shape index (κ2) is 5.74. The van der Waals surface area contributed by atoms with Gasteiger partial charge in [0.2, 0.25) is 10.0 Å². The van der Waals surface area contributed by atoms with Crippen molar-refractivity contribution in [1.29, 1.82) is 0 Å². The van der Waals surface area contributed by atoms with Crippen molar-refractivity contribution in [3.8, 4) is 5.75 Å². The number of benzene rings is 2. The topological polar surface area (TPSA) is 55.4 Å². The van der Waals surface area contributed by atoms with Crippen LogP contribution in [-0.4, -0.2) is 15.0 Å². The summed E-state index contributed by atoms with van der Waals surface area (Å²) in [5.74, 6) is 0.672. The maximum absolute atomic E-state index is 12.6. The normalized spacial score (nSPS) is 16.2. The Bertz CT molecular complexity index is 735. The van der Waals surface area contributed by atoms with E-state index in [1.54, 1.807) is 24.3 Å². The zero-order valence-electron chi connectivity index (χ0n) is 12.5. The predicted octanol–water partition coefficient (Wildman–Crippen LogP) is 3.05. The lowest BCUT2D eigenvalue weighted by Gasteiger charge is -2.18. The molecule has 1 aliphatic carbocycles. The van der Waals surface area contributed by atoms with Crippen molar-refractivity contribution in [2.45, 2.75) is 30.2 Å². The molecule has 0 spiro atoms. The van der Waals surface area contributed by atoms with E-state index in [0.717, 1.165) is 18.4 Å². The minimum atomic E-state index is -3.54. The van der Waals surface area contributed by atoms with Crippen molar-refractivity contribution < 1.29 is 13.2 Å². The van der Waals surface area contributed by atoms with Crippen molar-refractivity contribution in [1.82, 2.24) is 4.72 Å². The van der Waals surface area contributed by atoms with Gasteiger partial charge in [-0.1, -0.05) is 30.3 Å². The first-order valence-corrected chi connectivity index (χ1v) is 8.86. The standard InChI is InChI=1S/C17H19NO3S/c1-2-21-15-8-10-16(11-9-15)22(19,20)18-17(12-13-17)14-6-4-3-5-7-14/h3-11,18H,2,12-13H2,1H3. The maximum atomic E-state index is 12.6. The summed E-state index contributed by atoms with van der Waals surface area (Å²) >= 11 is 0. The van der Waals surface area contributed by atoms with Crippen LogP contribution in [0.25, 0.3) is 0 Å². The number of hydrogen-bond donors (Lipinski definition) is 1. The molecule has 4 nitrogen and oxygen atoms in total. The van der Waals surface area contributed by atoms with Gasteiger partial charge in [0.1, 0.15) is 5.75 Å². The molecule has 1 saturated carbocycles. The smallest absolute Gasteiger partial charge is 0.241 e. The van der Waals surface area contributed by atoms with Gasteiger partial charge in [-0.15, -0.1) is 0 Å². The molecule has 0 bridgehead atoms. The molecule has 0 aromatic heterocycles. The van der Waals surface area contributed by atoms with E-state index in [9.17, 15) is 8.42 Å². The van der Waals surface area contributed by atoms with Gasteiger partial charge in [0, 0.05) is 0 Å². The number of nitrogens with one attached hydrogen (secondary N) is 1. The molecular weight excluding hydrogens is 298 g/mol. The minimum Gasteiger partial charge on any atom is -0.494 e. The van der Waals surface area contributed by atoms with Crippen LogP contribution in [0.15, 0.2) is 59.5 Å². The quantitative estimate of drug-likeness (QED) is 0.891. The van der Waals surface area contributed by atoms with E-state index >= 15 is 0 Å². The van der Waals surface area contributed by atoms with Crippen LogP contribution in [-0.2, 0) is 15.6 Å². The lowest BCUT2D eigenvalue weighted by Crippen LogP contribution is -2.34. The second-order valence-electron chi connectivity index (χ2n) is 5.46. The molecule has 0 unspecified atom stereocenters. The highest BCUT2D eigenvalue weighted by molar-refractivity contribution is 7.89. The van der Waals surface area contributed by atoms with E-state index in [1.165, 1.54) is 0 Å². The van der Waals surface area contributed by atoms with Gasteiger partial charge in [-0.2, -0.15) is 0 Å². The van der Waals surface area contributed by atoms with Gasteiger partial charge < -0.3 is 4.74 Å². The van der Waals surface area contributed by atoms with Crippen LogP contribution >= 0.6 is 0 Å². The molecule has 0 aliphatic heterocycles. The summed E-state index contributed by atoms with van der Waals surface area (Å²) in [4.78, 5) is 0.262. The molecule has 116 valence electrons. The lowest BCUT2D eigenvalue weighted by atomic mass is 10.1. The molecule has 0 radical (unpaired) electrons. The summed E-state index contributed by atoms with van der Waals surface area (Å²) < 4.78 is 33.4. The molecule has 0 heterocycles.